The summed E-state index contributed by atoms with van der Waals surface area (Å²) in [7, 11) is 1.51. The Hall–Kier alpha value is -2.51. The standard InChI is InChI=1S/C20H19ClN2O4S/c1-27-16-7-6-14(21)11-15(16)18(24)22-9-8-12-2-4-13(5-3-12)10-17-19(25)23-20(26)28-17/h2-7,11,17H,8-10H2,1H3,(H,22,24)(H,23,25,26). The van der Waals surface area contributed by atoms with Gasteiger partial charge in [-0.05, 0) is 42.2 Å². The average molecular weight is 419 g/mol. The molecule has 28 heavy (non-hydrogen) atoms. The van der Waals surface area contributed by atoms with Crippen LogP contribution in [0.2, 0.25) is 5.02 Å². The fraction of sp³-hybridized carbons (Fsp3) is 0.250. The van der Waals surface area contributed by atoms with Crippen LogP contribution in [0.3, 0.4) is 0 Å². The van der Waals surface area contributed by atoms with E-state index in [4.69, 9.17) is 16.3 Å². The summed E-state index contributed by atoms with van der Waals surface area (Å²) in [5, 5.41) is 4.96. The van der Waals surface area contributed by atoms with Crippen molar-refractivity contribution in [3.05, 3.63) is 64.2 Å². The third-order valence-electron chi connectivity index (χ3n) is 4.32. The van der Waals surface area contributed by atoms with Crippen molar-refractivity contribution in [2.45, 2.75) is 18.1 Å². The SMILES string of the molecule is COc1ccc(Cl)cc1C(=O)NCCc1ccc(CC2SC(=O)NC2=O)cc1. The first-order valence-corrected chi connectivity index (χ1v) is 9.93. The second-order valence-electron chi connectivity index (χ2n) is 6.25. The summed E-state index contributed by atoms with van der Waals surface area (Å²) in [5.41, 5.74) is 2.44. The zero-order valence-electron chi connectivity index (χ0n) is 15.2. The van der Waals surface area contributed by atoms with Crippen LogP contribution in [0.5, 0.6) is 5.75 Å². The van der Waals surface area contributed by atoms with Crippen molar-refractivity contribution in [2.75, 3.05) is 13.7 Å². The van der Waals surface area contributed by atoms with E-state index in [2.05, 4.69) is 10.6 Å². The van der Waals surface area contributed by atoms with Crippen molar-refractivity contribution in [1.29, 1.82) is 0 Å². The molecule has 0 saturated carbocycles. The molecule has 2 aromatic carbocycles. The average Bonchev–Trinajstić information content (AvgIpc) is 3.00. The van der Waals surface area contributed by atoms with Gasteiger partial charge in [0.25, 0.3) is 11.1 Å². The van der Waals surface area contributed by atoms with Crippen LogP contribution in [0.4, 0.5) is 4.79 Å². The first kappa shape index (κ1) is 20.2. The molecule has 1 saturated heterocycles. The fourth-order valence-electron chi connectivity index (χ4n) is 2.86. The highest BCUT2D eigenvalue weighted by Crippen LogP contribution is 2.24. The molecule has 0 radical (unpaired) electrons. The Morgan fingerprint density at radius 2 is 1.89 bits per heavy atom. The third-order valence-corrected chi connectivity index (χ3v) is 5.53. The Kier molecular flexibility index (Phi) is 6.59. The first-order valence-electron chi connectivity index (χ1n) is 8.67. The van der Waals surface area contributed by atoms with E-state index in [1.165, 1.54) is 7.11 Å². The minimum absolute atomic E-state index is 0.238. The van der Waals surface area contributed by atoms with Crippen LogP contribution in [0.25, 0.3) is 0 Å². The number of halogens is 1. The lowest BCUT2D eigenvalue weighted by molar-refractivity contribution is -0.118. The molecule has 0 aliphatic carbocycles. The topological polar surface area (TPSA) is 84.5 Å². The van der Waals surface area contributed by atoms with E-state index < -0.39 is 0 Å². The van der Waals surface area contributed by atoms with Gasteiger partial charge in [0.1, 0.15) is 5.75 Å². The van der Waals surface area contributed by atoms with Crippen molar-refractivity contribution in [1.82, 2.24) is 10.6 Å². The molecule has 146 valence electrons. The lowest BCUT2D eigenvalue weighted by Gasteiger charge is -2.10. The summed E-state index contributed by atoms with van der Waals surface area (Å²) in [4.78, 5) is 35.2. The van der Waals surface area contributed by atoms with Crippen molar-refractivity contribution < 1.29 is 19.1 Å². The maximum absolute atomic E-state index is 12.4. The molecule has 0 bridgehead atoms. The van der Waals surface area contributed by atoms with E-state index in [9.17, 15) is 14.4 Å². The number of hydrogen-bond acceptors (Lipinski definition) is 5. The quantitative estimate of drug-likeness (QED) is 0.721. The lowest BCUT2D eigenvalue weighted by Crippen LogP contribution is -2.26. The number of hydrogen-bond donors (Lipinski definition) is 2. The molecule has 0 aromatic heterocycles. The summed E-state index contributed by atoms with van der Waals surface area (Å²) in [6, 6.07) is 12.7. The van der Waals surface area contributed by atoms with Gasteiger partial charge >= 0.3 is 0 Å². The fourth-order valence-corrected chi connectivity index (χ4v) is 3.89. The number of thioether (sulfide) groups is 1. The number of amides is 3. The molecule has 1 aliphatic rings. The highest BCUT2D eigenvalue weighted by molar-refractivity contribution is 8.15. The highest BCUT2D eigenvalue weighted by atomic mass is 35.5. The van der Waals surface area contributed by atoms with E-state index in [0.29, 0.717) is 35.7 Å². The van der Waals surface area contributed by atoms with E-state index in [1.807, 2.05) is 24.3 Å². The normalized spacial score (nSPS) is 16.0. The van der Waals surface area contributed by atoms with Crippen LogP contribution in [0.1, 0.15) is 21.5 Å². The molecule has 1 aliphatic heterocycles. The van der Waals surface area contributed by atoms with Crippen molar-refractivity contribution in [3.8, 4) is 5.75 Å². The largest absolute Gasteiger partial charge is 0.496 e. The Bertz CT molecular complexity index is 902. The third kappa shape index (κ3) is 5.05. The molecule has 1 fully saturated rings. The summed E-state index contributed by atoms with van der Waals surface area (Å²) < 4.78 is 5.20. The molecule has 1 unspecified atom stereocenters. The molecule has 2 N–H and O–H groups in total. The lowest BCUT2D eigenvalue weighted by atomic mass is 10.1. The molecule has 1 atom stereocenters. The summed E-state index contributed by atoms with van der Waals surface area (Å²) in [6.07, 6.45) is 1.17. The van der Waals surface area contributed by atoms with Gasteiger partial charge in [0, 0.05) is 11.6 Å². The predicted molar refractivity (Wildman–Crippen MR) is 109 cm³/mol. The van der Waals surface area contributed by atoms with E-state index in [-0.39, 0.29) is 22.3 Å². The Balaban J connectivity index is 1.51. The Labute approximate surface area is 172 Å². The van der Waals surface area contributed by atoms with Crippen LogP contribution in [0.15, 0.2) is 42.5 Å². The number of rotatable bonds is 7. The van der Waals surface area contributed by atoms with Crippen LogP contribution in [0, 0.1) is 0 Å². The minimum atomic E-state index is -0.370. The Morgan fingerprint density at radius 1 is 1.18 bits per heavy atom. The van der Waals surface area contributed by atoms with Crippen molar-refractivity contribution >= 4 is 40.4 Å². The number of carbonyl (C=O) groups is 3. The van der Waals surface area contributed by atoms with Crippen molar-refractivity contribution in [2.24, 2.45) is 0 Å². The predicted octanol–water partition coefficient (Wildman–Crippen LogP) is 3.22. The maximum Gasteiger partial charge on any atom is 0.286 e. The number of ether oxygens (including phenoxy) is 1. The number of benzene rings is 2. The summed E-state index contributed by atoms with van der Waals surface area (Å²) >= 11 is 6.98. The van der Waals surface area contributed by atoms with Gasteiger partial charge in [0.2, 0.25) is 5.91 Å². The monoisotopic (exact) mass is 418 g/mol. The van der Waals surface area contributed by atoms with Gasteiger partial charge in [0.15, 0.2) is 0 Å². The molecular weight excluding hydrogens is 400 g/mol. The smallest absolute Gasteiger partial charge is 0.286 e. The van der Waals surface area contributed by atoms with Crippen LogP contribution in [-0.2, 0) is 17.6 Å². The Morgan fingerprint density at radius 3 is 2.54 bits per heavy atom. The van der Waals surface area contributed by atoms with Gasteiger partial charge in [-0.1, -0.05) is 47.6 Å². The zero-order chi connectivity index (χ0) is 20.1. The molecular formula is C20H19ClN2O4S. The van der Waals surface area contributed by atoms with Gasteiger partial charge < -0.3 is 10.1 Å². The van der Waals surface area contributed by atoms with Crippen LogP contribution < -0.4 is 15.4 Å². The maximum atomic E-state index is 12.4. The van der Waals surface area contributed by atoms with Crippen LogP contribution >= 0.6 is 23.4 Å². The summed E-state index contributed by atoms with van der Waals surface area (Å²) in [6.45, 7) is 0.462. The first-order chi connectivity index (χ1) is 13.5. The number of imide groups is 1. The molecule has 3 amide bonds. The second kappa shape index (κ2) is 9.12. The highest BCUT2D eigenvalue weighted by Gasteiger charge is 2.31. The molecule has 3 rings (SSSR count). The molecule has 0 spiro atoms. The van der Waals surface area contributed by atoms with E-state index in [0.717, 1.165) is 22.9 Å². The molecule has 1 heterocycles. The van der Waals surface area contributed by atoms with Crippen LogP contribution in [-0.4, -0.2) is 36.0 Å². The summed E-state index contributed by atoms with van der Waals surface area (Å²) in [5.74, 6) is -0.0123. The van der Waals surface area contributed by atoms with Gasteiger partial charge in [-0.3, -0.25) is 19.7 Å². The van der Waals surface area contributed by atoms with Gasteiger partial charge in [0.05, 0.1) is 17.9 Å². The van der Waals surface area contributed by atoms with Gasteiger partial charge in [-0.15, -0.1) is 0 Å². The minimum Gasteiger partial charge on any atom is -0.496 e. The molecule has 8 heteroatoms. The number of methoxy groups -OCH3 is 1. The molecule has 2 aromatic rings. The van der Waals surface area contributed by atoms with Gasteiger partial charge in [-0.2, -0.15) is 0 Å². The second-order valence-corrected chi connectivity index (χ2v) is 7.87. The number of nitrogens with one attached hydrogen (secondary N) is 2. The number of carbonyl (C=O) groups excluding carboxylic acids is 3. The van der Waals surface area contributed by atoms with Gasteiger partial charge in [-0.25, -0.2) is 0 Å². The van der Waals surface area contributed by atoms with Crippen molar-refractivity contribution in [3.63, 3.8) is 0 Å². The van der Waals surface area contributed by atoms with E-state index in [1.54, 1.807) is 18.2 Å². The molecule has 6 nitrogen and oxygen atoms in total. The zero-order valence-corrected chi connectivity index (χ0v) is 16.7. The van der Waals surface area contributed by atoms with E-state index >= 15 is 0 Å².